The third-order valence-electron chi connectivity index (χ3n) is 8.87. The third-order valence-corrected chi connectivity index (χ3v) is 9.34. The van der Waals surface area contributed by atoms with Crippen LogP contribution >= 0.6 is 7.82 Å². The summed E-state index contributed by atoms with van der Waals surface area (Å²) in [6.45, 7) is 3.09. The van der Waals surface area contributed by atoms with E-state index in [2.05, 4.69) is 11.4 Å². The Morgan fingerprint density at radius 1 is 1.19 bits per heavy atom. The van der Waals surface area contributed by atoms with Crippen LogP contribution in [0.4, 0.5) is 0 Å². The average Bonchev–Trinajstić information content (AvgIpc) is 2.91. The number of hydrogen-bond acceptors (Lipinski definition) is 6. The number of carbonyl (C=O) groups is 2. The van der Waals surface area contributed by atoms with Crippen molar-refractivity contribution in [2.45, 2.75) is 70.5 Å². The summed E-state index contributed by atoms with van der Waals surface area (Å²) in [5.74, 6) is -0.522. The molecule has 0 bridgehead atoms. The Morgan fingerprint density at radius 3 is 2.47 bits per heavy atom. The average molecular weight is 490 g/mol. The summed E-state index contributed by atoms with van der Waals surface area (Å²) in [4.78, 5) is 42.6. The van der Waals surface area contributed by atoms with Gasteiger partial charge in [0.2, 0.25) is 0 Å². The van der Waals surface area contributed by atoms with Crippen molar-refractivity contribution in [3.8, 4) is 0 Å². The third kappa shape index (κ3) is 4.62. The van der Waals surface area contributed by atoms with Gasteiger partial charge in [0, 0.05) is 11.8 Å². The zero-order valence-corrected chi connectivity index (χ0v) is 18.3. The summed E-state index contributed by atoms with van der Waals surface area (Å²) in [5, 5.41) is 22.7. The van der Waals surface area contributed by atoms with Crippen molar-refractivity contribution >= 4 is 78.5 Å². The molecule has 0 aromatic rings. The molecule has 172 valence electrons. The van der Waals surface area contributed by atoms with Gasteiger partial charge >= 0.3 is 66.9 Å². The minimum atomic E-state index is -4.83. The van der Waals surface area contributed by atoms with Crippen molar-refractivity contribution < 1.29 is 38.7 Å². The molecule has 0 radical (unpaired) electrons. The quantitative estimate of drug-likeness (QED) is 0.332. The van der Waals surface area contributed by atoms with Gasteiger partial charge in [-0.25, -0.2) is 4.57 Å². The molecule has 4 aliphatic rings. The summed E-state index contributed by atoms with van der Waals surface area (Å²) >= 11 is 0. The molecule has 32 heavy (non-hydrogen) atoms. The van der Waals surface area contributed by atoms with Crippen LogP contribution in [-0.2, 0) is 18.7 Å². The standard InChI is InChI=1S/C21H31O8P.2Na.2H/c1-19-7-5-13(22)9-12(19)3-4-14-15-6-8-21(25,17(24)11-29-30(26,27)28)20(15,2)10-16(23)18(14)19;;;;/h9,14-16,18,23,25H,3-8,10-11H2,1-2H3,(H2,26,27,28);;;;/t14-,15-,16-,18+,19-,20-,21-;;;;/m0..../s1. The SMILES string of the molecule is C[C@]12CCC(=O)C=C1CC[C@@H]1[C@@H]2[C@@H](O)C[C@@]2(C)[C@H]1CC[C@]2(O)C(=O)COP(=O)(O)O.[NaH].[NaH]. The van der Waals surface area contributed by atoms with E-state index < -0.39 is 37.3 Å². The van der Waals surface area contributed by atoms with Crippen LogP contribution in [0.15, 0.2) is 11.6 Å². The zero-order chi connectivity index (χ0) is 22.1. The van der Waals surface area contributed by atoms with Crippen LogP contribution in [0.25, 0.3) is 0 Å². The van der Waals surface area contributed by atoms with Crippen molar-refractivity contribution in [3.05, 3.63) is 11.6 Å². The van der Waals surface area contributed by atoms with E-state index in [0.29, 0.717) is 19.3 Å². The molecule has 11 heteroatoms. The summed E-state index contributed by atoms with van der Waals surface area (Å²) in [7, 11) is -4.83. The summed E-state index contributed by atoms with van der Waals surface area (Å²) in [6.07, 6.45) is 4.79. The minimum absolute atomic E-state index is 0. The first-order valence-corrected chi connectivity index (χ1v) is 12.2. The maximum absolute atomic E-state index is 12.8. The number of rotatable bonds is 4. The molecule has 4 N–H and O–H groups in total. The molecule has 0 aromatic heterocycles. The second-order valence-electron chi connectivity index (χ2n) is 10.2. The molecule has 0 aromatic carbocycles. The van der Waals surface area contributed by atoms with Crippen molar-refractivity contribution in [3.63, 3.8) is 0 Å². The second kappa shape index (κ2) is 9.87. The van der Waals surface area contributed by atoms with Gasteiger partial charge in [-0.15, -0.1) is 0 Å². The van der Waals surface area contributed by atoms with E-state index in [9.17, 15) is 24.4 Å². The van der Waals surface area contributed by atoms with Crippen molar-refractivity contribution in [2.75, 3.05) is 6.61 Å². The topological polar surface area (TPSA) is 141 Å². The molecule has 8 nitrogen and oxygen atoms in total. The first-order chi connectivity index (χ1) is 13.8. The number of hydrogen-bond donors (Lipinski definition) is 4. The van der Waals surface area contributed by atoms with Crippen LogP contribution in [0.1, 0.15) is 58.8 Å². The normalized spacial score (nSPS) is 43.1. The molecule has 0 heterocycles. The monoisotopic (exact) mass is 490 g/mol. The first kappa shape index (κ1) is 29.3. The molecule has 0 aliphatic heterocycles. The van der Waals surface area contributed by atoms with Gasteiger partial charge in [-0.1, -0.05) is 19.4 Å². The van der Waals surface area contributed by atoms with Crippen molar-refractivity contribution in [1.29, 1.82) is 0 Å². The summed E-state index contributed by atoms with van der Waals surface area (Å²) in [6, 6.07) is 0. The predicted molar refractivity (Wildman–Crippen MR) is 120 cm³/mol. The van der Waals surface area contributed by atoms with Crippen LogP contribution in [0.3, 0.4) is 0 Å². The van der Waals surface area contributed by atoms with E-state index >= 15 is 0 Å². The number of ketones is 2. The molecule has 3 saturated carbocycles. The molecule has 7 atom stereocenters. The molecule has 3 fully saturated rings. The predicted octanol–water partition coefficient (Wildman–Crippen LogP) is 0.602. The molecule has 0 unspecified atom stereocenters. The zero-order valence-electron chi connectivity index (χ0n) is 17.4. The number of aliphatic hydroxyl groups is 2. The van der Waals surface area contributed by atoms with Crippen LogP contribution in [0.5, 0.6) is 0 Å². The van der Waals surface area contributed by atoms with Crippen LogP contribution in [0.2, 0.25) is 0 Å². The van der Waals surface area contributed by atoms with Crippen LogP contribution in [-0.4, -0.2) is 109 Å². The molecule has 4 aliphatic carbocycles. The number of allylic oxidation sites excluding steroid dienone is 1. The van der Waals surface area contributed by atoms with E-state index in [1.54, 1.807) is 6.08 Å². The van der Waals surface area contributed by atoms with E-state index in [1.807, 2.05) is 6.92 Å². The first-order valence-electron chi connectivity index (χ1n) is 10.7. The van der Waals surface area contributed by atoms with Gasteiger partial charge < -0.3 is 20.0 Å². The van der Waals surface area contributed by atoms with E-state index in [4.69, 9.17) is 9.79 Å². The Kier molecular flexibility index (Phi) is 9.05. The van der Waals surface area contributed by atoms with Gasteiger partial charge in [0.05, 0.1) is 6.10 Å². The maximum atomic E-state index is 12.8. The molecule has 0 amide bonds. The number of Topliss-reactive ketones (excluding diaryl/α,β-unsaturated/α-hetero) is 1. The van der Waals surface area contributed by atoms with Gasteiger partial charge in [0.25, 0.3) is 0 Å². The van der Waals surface area contributed by atoms with E-state index in [1.165, 1.54) is 0 Å². The van der Waals surface area contributed by atoms with Crippen molar-refractivity contribution in [2.24, 2.45) is 28.6 Å². The van der Waals surface area contributed by atoms with Gasteiger partial charge in [-0.2, -0.15) is 0 Å². The summed E-state index contributed by atoms with van der Waals surface area (Å²) < 4.78 is 15.4. The molecule has 0 spiro atoms. The molecule has 0 saturated heterocycles. The summed E-state index contributed by atoms with van der Waals surface area (Å²) in [5.41, 5.74) is -1.84. The fraction of sp³-hybridized carbons (Fsp3) is 0.810. The Bertz CT molecular complexity index is 859. The number of carbonyl (C=O) groups excluding carboxylic acids is 2. The molecule has 4 rings (SSSR count). The molecular formula is C21H33Na2O8P. The van der Waals surface area contributed by atoms with Gasteiger partial charge in [-0.05, 0) is 67.8 Å². The van der Waals surface area contributed by atoms with Crippen LogP contribution < -0.4 is 0 Å². The van der Waals surface area contributed by atoms with Gasteiger partial charge in [0.15, 0.2) is 11.6 Å². The fourth-order valence-electron chi connectivity index (χ4n) is 7.41. The Labute approximate surface area is 232 Å². The van der Waals surface area contributed by atoms with Crippen molar-refractivity contribution in [1.82, 2.24) is 0 Å². The van der Waals surface area contributed by atoms with E-state index in [-0.39, 0.29) is 101 Å². The second-order valence-corrected chi connectivity index (χ2v) is 11.4. The van der Waals surface area contributed by atoms with Gasteiger partial charge in [0.1, 0.15) is 12.2 Å². The van der Waals surface area contributed by atoms with Crippen LogP contribution in [0, 0.1) is 28.6 Å². The number of phosphoric acid groups is 1. The Balaban J connectivity index is 0.00000181. The Hall–Kier alpha value is 1.11. The fourth-order valence-corrected chi connectivity index (χ4v) is 7.70. The number of aliphatic hydroxyl groups excluding tert-OH is 1. The van der Waals surface area contributed by atoms with E-state index in [0.717, 1.165) is 18.4 Å². The number of phosphoric ester groups is 1. The molecular weight excluding hydrogens is 457 g/mol. The van der Waals surface area contributed by atoms with Gasteiger partial charge in [-0.3, -0.25) is 14.1 Å². The Morgan fingerprint density at radius 2 is 1.84 bits per heavy atom. The number of fused-ring (bicyclic) bond motifs is 5.